The molecule has 0 aliphatic heterocycles. The van der Waals surface area contributed by atoms with E-state index < -0.39 is 7.14 Å². The molecule has 0 bridgehead atoms. The first-order chi connectivity index (χ1) is 10.1. The summed E-state index contributed by atoms with van der Waals surface area (Å²) in [5, 5.41) is 0.438. The molecule has 0 heterocycles. The molecular formula is C20H27OP. The van der Waals surface area contributed by atoms with Crippen molar-refractivity contribution in [1.82, 2.24) is 0 Å². The summed E-state index contributed by atoms with van der Waals surface area (Å²) in [6.07, 6.45) is 0. The van der Waals surface area contributed by atoms with Crippen LogP contribution in [0.25, 0.3) is 11.1 Å². The molecule has 2 aromatic rings. The SMILES string of the molecule is CC(C)(C)P(=O)(c1ccccc1-c1ccccc1)C(C)(C)C. The van der Waals surface area contributed by atoms with E-state index in [-0.39, 0.29) is 10.3 Å². The largest absolute Gasteiger partial charge is 0.318 e. The van der Waals surface area contributed by atoms with Crippen molar-refractivity contribution >= 4 is 12.4 Å². The molecule has 0 aromatic heterocycles. The standard InChI is InChI=1S/C20H27OP/c1-19(2,3)22(21,20(4,5)6)18-15-11-10-14-17(18)16-12-8-7-9-13-16/h7-15H,1-6H3. The molecule has 0 spiro atoms. The van der Waals surface area contributed by atoms with Gasteiger partial charge in [-0.2, -0.15) is 0 Å². The first-order valence-electron chi connectivity index (χ1n) is 7.84. The van der Waals surface area contributed by atoms with Gasteiger partial charge in [0, 0.05) is 15.6 Å². The second-order valence-electron chi connectivity index (χ2n) is 7.83. The van der Waals surface area contributed by atoms with Crippen molar-refractivity contribution in [3.8, 4) is 11.1 Å². The van der Waals surface area contributed by atoms with Crippen molar-refractivity contribution in [3.05, 3.63) is 54.6 Å². The first-order valence-corrected chi connectivity index (χ1v) is 9.55. The van der Waals surface area contributed by atoms with Crippen LogP contribution in [-0.4, -0.2) is 10.3 Å². The second-order valence-corrected chi connectivity index (χ2v) is 12.2. The maximum Gasteiger partial charge on any atom is 0.126 e. The molecular weight excluding hydrogens is 287 g/mol. The quantitative estimate of drug-likeness (QED) is 0.627. The molecule has 22 heavy (non-hydrogen) atoms. The Bertz CT molecular complexity index is 670. The highest BCUT2D eigenvalue weighted by Gasteiger charge is 2.48. The van der Waals surface area contributed by atoms with Crippen LogP contribution in [0.4, 0.5) is 0 Å². The molecule has 0 saturated carbocycles. The minimum atomic E-state index is -2.64. The molecule has 1 nitrogen and oxygen atoms in total. The van der Waals surface area contributed by atoms with Crippen molar-refractivity contribution in [2.24, 2.45) is 0 Å². The number of benzene rings is 2. The lowest BCUT2D eigenvalue weighted by molar-refractivity contribution is 0.527. The molecule has 0 aliphatic carbocycles. The van der Waals surface area contributed by atoms with Gasteiger partial charge in [-0.1, -0.05) is 96.1 Å². The number of rotatable bonds is 2. The van der Waals surface area contributed by atoms with Crippen LogP contribution >= 0.6 is 7.14 Å². The Morgan fingerprint density at radius 1 is 0.682 bits per heavy atom. The Balaban J connectivity index is 2.79. The van der Waals surface area contributed by atoms with Gasteiger partial charge in [-0.05, 0) is 11.1 Å². The third-order valence-corrected chi connectivity index (χ3v) is 9.06. The predicted molar refractivity (Wildman–Crippen MR) is 98.6 cm³/mol. The Labute approximate surface area is 135 Å². The molecule has 118 valence electrons. The lowest BCUT2D eigenvalue weighted by atomic mass is 10.1. The molecule has 2 rings (SSSR count). The Morgan fingerprint density at radius 3 is 1.64 bits per heavy atom. The summed E-state index contributed by atoms with van der Waals surface area (Å²) in [6.45, 7) is 12.6. The summed E-state index contributed by atoms with van der Waals surface area (Å²) in [7, 11) is -2.64. The number of hydrogen-bond acceptors (Lipinski definition) is 1. The highest BCUT2D eigenvalue weighted by Crippen LogP contribution is 2.66. The van der Waals surface area contributed by atoms with Crippen LogP contribution in [0.15, 0.2) is 54.6 Å². The van der Waals surface area contributed by atoms with Gasteiger partial charge in [0.25, 0.3) is 0 Å². The van der Waals surface area contributed by atoms with E-state index in [1.807, 2.05) is 30.3 Å². The van der Waals surface area contributed by atoms with Crippen LogP contribution < -0.4 is 5.30 Å². The van der Waals surface area contributed by atoms with Gasteiger partial charge < -0.3 is 4.57 Å². The molecule has 0 saturated heterocycles. The van der Waals surface area contributed by atoms with Gasteiger partial charge in [0.1, 0.15) is 7.14 Å². The summed E-state index contributed by atoms with van der Waals surface area (Å²) in [6, 6.07) is 18.4. The molecule has 2 heteroatoms. The summed E-state index contributed by atoms with van der Waals surface area (Å²) in [4.78, 5) is 0. The van der Waals surface area contributed by atoms with Gasteiger partial charge >= 0.3 is 0 Å². The van der Waals surface area contributed by atoms with Gasteiger partial charge in [0.05, 0.1) is 0 Å². The lowest BCUT2D eigenvalue weighted by Crippen LogP contribution is -2.35. The van der Waals surface area contributed by atoms with Crippen molar-refractivity contribution in [3.63, 3.8) is 0 Å². The molecule has 2 aromatic carbocycles. The zero-order valence-corrected chi connectivity index (χ0v) is 15.4. The van der Waals surface area contributed by atoms with Crippen molar-refractivity contribution in [2.45, 2.75) is 51.9 Å². The van der Waals surface area contributed by atoms with Crippen molar-refractivity contribution < 1.29 is 4.57 Å². The number of hydrogen-bond donors (Lipinski definition) is 0. The molecule has 0 radical (unpaired) electrons. The molecule has 0 aliphatic rings. The van der Waals surface area contributed by atoms with Gasteiger partial charge in [0.2, 0.25) is 0 Å². The fourth-order valence-corrected chi connectivity index (χ4v) is 7.64. The van der Waals surface area contributed by atoms with E-state index in [0.29, 0.717) is 0 Å². The monoisotopic (exact) mass is 314 g/mol. The Morgan fingerprint density at radius 2 is 1.14 bits per heavy atom. The van der Waals surface area contributed by atoms with Crippen LogP contribution in [0.5, 0.6) is 0 Å². The van der Waals surface area contributed by atoms with Crippen LogP contribution in [0, 0.1) is 0 Å². The average Bonchev–Trinajstić information content (AvgIpc) is 2.45. The fraction of sp³-hybridized carbons (Fsp3) is 0.400. The van der Waals surface area contributed by atoms with Gasteiger partial charge in [-0.15, -0.1) is 0 Å². The minimum absolute atomic E-state index is 0.282. The Kier molecular flexibility index (Phi) is 4.42. The van der Waals surface area contributed by atoms with E-state index in [2.05, 4.69) is 65.8 Å². The Hall–Kier alpha value is -1.33. The van der Waals surface area contributed by atoms with Crippen molar-refractivity contribution in [1.29, 1.82) is 0 Å². The van der Waals surface area contributed by atoms with Crippen LogP contribution in [0.1, 0.15) is 41.5 Å². The van der Waals surface area contributed by atoms with Crippen LogP contribution in [-0.2, 0) is 4.57 Å². The van der Waals surface area contributed by atoms with E-state index in [1.54, 1.807) is 0 Å². The van der Waals surface area contributed by atoms with Gasteiger partial charge in [0.15, 0.2) is 0 Å². The van der Waals surface area contributed by atoms with Crippen molar-refractivity contribution in [2.75, 3.05) is 0 Å². The second kappa shape index (κ2) is 5.70. The summed E-state index contributed by atoms with van der Waals surface area (Å²) in [5.74, 6) is 0. The van der Waals surface area contributed by atoms with E-state index >= 15 is 0 Å². The molecule has 0 fully saturated rings. The third-order valence-electron chi connectivity index (χ3n) is 4.22. The first kappa shape index (κ1) is 17.0. The molecule has 0 N–H and O–H groups in total. The topological polar surface area (TPSA) is 17.1 Å². The highest BCUT2D eigenvalue weighted by atomic mass is 31.2. The summed E-state index contributed by atoms with van der Waals surface area (Å²) >= 11 is 0. The normalized spacial score (nSPS) is 13.2. The lowest BCUT2D eigenvalue weighted by Gasteiger charge is -2.42. The van der Waals surface area contributed by atoms with E-state index in [0.717, 1.165) is 16.4 Å². The average molecular weight is 314 g/mol. The maximum absolute atomic E-state index is 14.3. The van der Waals surface area contributed by atoms with Gasteiger partial charge in [-0.3, -0.25) is 0 Å². The predicted octanol–water partition coefficient (Wildman–Crippen LogP) is 5.94. The maximum atomic E-state index is 14.3. The minimum Gasteiger partial charge on any atom is -0.318 e. The van der Waals surface area contributed by atoms with E-state index in [9.17, 15) is 4.57 Å². The molecule has 0 amide bonds. The van der Waals surface area contributed by atoms with Crippen LogP contribution in [0.3, 0.4) is 0 Å². The summed E-state index contributed by atoms with van der Waals surface area (Å²) < 4.78 is 14.3. The molecule has 0 atom stereocenters. The van der Waals surface area contributed by atoms with E-state index in [1.165, 1.54) is 0 Å². The summed E-state index contributed by atoms with van der Waals surface area (Å²) in [5.41, 5.74) is 2.23. The van der Waals surface area contributed by atoms with E-state index in [4.69, 9.17) is 0 Å². The zero-order valence-electron chi connectivity index (χ0n) is 14.6. The highest BCUT2D eigenvalue weighted by molar-refractivity contribution is 7.74. The van der Waals surface area contributed by atoms with Crippen LogP contribution in [0.2, 0.25) is 0 Å². The van der Waals surface area contributed by atoms with Gasteiger partial charge in [-0.25, -0.2) is 0 Å². The molecule has 0 unspecified atom stereocenters. The zero-order chi connectivity index (χ0) is 16.6. The smallest absolute Gasteiger partial charge is 0.126 e. The fourth-order valence-electron chi connectivity index (χ4n) is 3.34. The third kappa shape index (κ3) is 2.79.